The Kier molecular flexibility index (Phi) is 1.74. The standard InChI is InChI=1S/C7H5IS2/c1-4-2-5-6(9-4)3-7(8)10-5/h2-3H,1H3. The summed E-state index contributed by atoms with van der Waals surface area (Å²) in [6.07, 6.45) is 0. The van der Waals surface area contributed by atoms with Crippen LogP contribution in [-0.2, 0) is 0 Å². The molecular weight excluding hydrogens is 275 g/mol. The van der Waals surface area contributed by atoms with E-state index in [2.05, 4.69) is 41.6 Å². The third kappa shape index (κ3) is 1.10. The fourth-order valence-corrected chi connectivity index (χ4v) is 4.20. The van der Waals surface area contributed by atoms with E-state index in [1.54, 1.807) is 0 Å². The first kappa shape index (κ1) is 7.06. The van der Waals surface area contributed by atoms with Crippen molar-refractivity contribution in [3.05, 3.63) is 19.9 Å². The van der Waals surface area contributed by atoms with E-state index in [0.29, 0.717) is 0 Å². The van der Waals surface area contributed by atoms with Crippen molar-refractivity contribution in [2.24, 2.45) is 0 Å². The summed E-state index contributed by atoms with van der Waals surface area (Å²) in [6.45, 7) is 2.16. The molecule has 0 N–H and O–H groups in total. The summed E-state index contributed by atoms with van der Waals surface area (Å²) in [5.74, 6) is 0. The van der Waals surface area contributed by atoms with Crippen LogP contribution in [0.15, 0.2) is 12.1 Å². The zero-order chi connectivity index (χ0) is 7.14. The Hall–Kier alpha value is 0.390. The van der Waals surface area contributed by atoms with E-state index in [0.717, 1.165) is 0 Å². The largest absolute Gasteiger partial charge is 0.140 e. The predicted molar refractivity (Wildman–Crippen MR) is 57.2 cm³/mol. The number of hydrogen-bond donors (Lipinski definition) is 0. The highest BCUT2D eigenvalue weighted by Crippen LogP contribution is 2.33. The maximum absolute atomic E-state index is 2.37. The van der Waals surface area contributed by atoms with E-state index in [1.165, 1.54) is 17.2 Å². The number of rotatable bonds is 0. The minimum Gasteiger partial charge on any atom is -0.140 e. The molecule has 0 aliphatic heterocycles. The van der Waals surface area contributed by atoms with Crippen molar-refractivity contribution in [1.29, 1.82) is 0 Å². The van der Waals surface area contributed by atoms with E-state index in [9.17, 15) is 0 Å². The molecule has 0 bridgehead atoms. The molecule has 2 heterocycles. The highest BCUT2D eigenvalue weighted by Gasteiger charge is 2.01. The molecule has 0 saturated carbocycles. The lowest BCUT2D eigenvalue weighted by Crippen LogP contribution is -1.48. The van der Waals surface area contributed by atoms with Gasteiger partial charge in [0.1, 0.15) is 0 Å². The van der Waals surface area contributed by atoms with Gasteiger partial charge >= 0.3 is 0 Å². The van der Waals surface area contributed by atoms with Crippen molar-refractivity contribution in [2.75, 3.05) is 0 Å². The number of thiophene rings is 2. The first-order valence-electron chi connectivity index (χ1n) is 2.91. The second kappa shape index (κ2) is 2.46. The molecule has 10 heavy (non-hydrogen) atoms. The summed E-state index contributed by atoms with van der Waals surface area (Å²) < 4.78 is 4.26. The average molecular weight is 280 g/mol. The molecule has 0 aliphatic carbocycles. The van der Waals surface area contributed by atoms with Gasteiger partial charge in [-0.1, -0.05) is 0 Å². The van der Waals surface area contributed by atoms with E-state index in [4.69, 9.17) is 0 Å². The maximum Gasteiger partial charge on any atom is 0.0674 e. The second-order valence-corrected chi connectivity index (χ2v) is 6.40. The van der Waals surface area contributed by atoms with Gasteiger partial charge in [-0.3, -0.25) is 0 Å². The normalized spacial score (nSPS) is 11.0. The number of halogens is 1. The molecule has 0 aliphatic rings. The third-order valence-electron chi connectivity index (χ3n) is 1.30. The van der Waals surface area contributed by atoms with Gasteiger partial charge in [0.15, 0.2) is 0 Å². The van der Waals surface area contributed by atoms with Crippen LogP contribution in [-0.4, -0.2) is 0 Å². The van der Waals surface area contributed by atoms with E-state index in [-0.39, 0.29) is 0 Å². The van der Waals surface area contributed by atoms with Crippen molar-refractivity contribution >= 4 is 54.7 Å². The van der Waals surface area contributed by atoms with Crippen molar-refractivity contribution in [3.63, 3.8) is 0 Å². The summed E-state index contributed by atoms with van der Waals surface area (Å²) in [7, 11) is 0. The number of aryl methyl sites for hydroxylation is 1. The van der Waals surface area contributed by atoms with Crippen molar-refractivity contribution in [3.8, 4) is 0 Å². The molecule has 2 rings (SSSR count). The quantitative estimate of drug-likeness (QED) is 0.642. The lowest BCUT2D eigenvalue weighted by atomic mass is 10.5. The highest BCUT2D eigenvalue weighted by atomic mass is 127. The van der Waals surface area contributed by atoms with Crippen LogP contribution in [0.2, 0.25) is 0 Å². The summed E-state index contributed by atoms with van der Waals surface area (Å²) in [4.78, 5) is 1.41. The molecule has 0 unspecified atom stereocenters. The zero-order valence-corrected chi connectivity index (χ0v) is 9.14. The molecule has 0 radical (unpaired) electrons. The zero-order valence-electron chi connectivity index (χ0n) is 5.35. The molecule has 0 atom stereocenters. The number of hydrogen-bond acceptors (Lipinski definition) is 2. The predicted octanol–water partition coefficient (Wildman–Crippen LogP) is 3.88. The SMILES string of the molecule is Cc1cc2sc(I)cc2s1. The molecule has 52 valence electrons. The Labute approximate surface area is 81.0 Å². The first-order valence-corrected chi connectivity index (χ1v) is 5.62. The smallest absolute Gasteiger partial charge is 0.0674 e. The van der Waals surface area contributed by atoms with Gasteiger partial charge in [-0.05, 0) is 41.6 Å². The minimum absolute atomic E-state index is 1.39. The van der Waals surface area contributed by atoms with Crippen LogP contribution < -0.4 is 0 Å². The van der Waals surface area contributed by atoms with E-state index < -0.39 is 0 Å². The fourth-order valence-electron chi connectivity index (χ4n) is 0.927. The van der Waals surface area contributed by atoms with Crippen LogP contribution in [0.5, 0.6) is 0 Å². The van der Waals surface area contributed by atoms with Crippen LogP contribution in [0, 0.1) is 9.81 Å². The summed E-state index contributed by atoms with van der Waals surface area (Å²) >= 11 is 6.12. The Bertz CT molecular complexity index is 295. The first-order chi connectivity index (χ1) is 4.75. The van der Waals surface area contributed by atoms with Crippen LogP contribution in [0.4, 0.5) is 0 Å². The molecular formula is C7H5IS2. The lowest BCUT2D eigenvalue weighted by Gasteiger charge is -1.73. The molecule has 0 fully saturated rings. The summed E-state index contributed by atoms with van der Waals surface area (Å²) in [5.41, 5.74) is 0. The molecule has 0 spiro atoms. The Morgan fingerprint density at radius 2 is 1.90 bits per heavy atom. The minimum atomic E-state index is 1.39. The van der Waals surface area contributed by atoms with Crippen LogP contribution in [0.25, 0.3) is 9.40 Å². The maximum atomic E-state index is 2.37. The van der Waals surface area contributed by atoms with Crippen LogP contribution in [0.3, 0.4) is 0 Å². The van der Waals surface area contributed by atoms with Gasteiger partial charge in [0.05, 0.1) is 2.88 Å². The molecule has 2 aromatic rings. The molecule has 0 nitrogen and oxygen atoms in total. The van der Waals surface area contributed by atoms with Gasteiger partial charge in [0.2, 0.25) is 0 Å². The third-order valence-corrected chi connectivity index (χ3v) is 4.27. The van der Waals surface area contributed by atoms with Gasteiger partial charge in [0, 0.05) is 14.3 Å². The Morgan fingerprint density at radius 1 is 1.20 bits per heavy atom. The van der Waals surface area contributed by atoms with Gasteiger partial charge < -0.3 is 0 Å². The molecule has 0 saturated heterocycles. The second-order valence-electron chi connectivity index (χ2n) is 2.14. The summed E-state index contributed by atoms with van der Waals surface area (Å²) in [5, 5.41) is 0. The summed E-state index contributed by atoms with van der Waals surface area (Å²) in [6, 6.07) is 4.51. The topological polar surface area (TPSA) is 0 Å². The molecule has 0 aromatic carbocycles. The van der Waals surface area contributed by atoms with E-state index in [1.807, 2.05) is 22.7 Å². The van der Waals surface area contributed by atoms with Crippen LogP contribution in [0.1, 0.15) is 4.88 Å². The van der Waals surface area contributed by atoms with Gasteiger partial charge in [-0.2, -0.15) is 0 Å². The fraction of sp³-hybridized carbons (Fsp3) is 0.143. The lowest BCUT2D eigenvalue weighted by molar-refractivity contribution is 1.66. The van der Waals surface area contributed by atoms with Crippen molar-refractivity contribution < 1.29 is 0 Å². The van der Waals surface area contributed by atoms with Crippen LogP contribution >= 0.6 is 45.3 Å². The Balaban J connectivity index is 2.83. The number of fused-ring (bicyclic) bond motifs is 1. The van der Waals surface area contributed by atoms with Gasteiger partial charge in [0.25, 0.3) is 0 Å². The average Bonchev–Trinajstić information content (AvgIpc) is 2.21. The molecule has 3 heteroatoms. The van der Waals surface area contributed by atoms with Crippen molar-refractivity contribution in [1.82, 2.24) is 0 Å². The molecule has 0 amide bonds. The molecule has 2 aromatic heterocycles. The Morgan fingerprint density at radius 3 is 2.60 bits per heavy atom. The van der Waals surface area contributed by atoms with Gasteiger partial charge in [-0.25, -0.2) is 0 Å². The van der Waals surface area contributed by atoms with Crippen molar-refractivity contribution in [2.45, 2.75) is 6.92 Å². The van der Waals surface area contributed by atoms with Gasteiger partial charge in [-0.15, -0.1) is 22.7 Å². The van der Waals surface area contributed by atoms with E-state index >= 15 is 0 Å². The highest BCUT2D eigenvalue weighted by molar-refractivity contribution is 14.1. The monoisotopic (exact) mass is 280 g/mol.